The van der Waals surface area contributed by atoms with Crippen LogP contribution in [0, 0.1) is 0 Å². The summed E-state index contributed by atoms with van der Waals surface area (Å²) in [5.41, 5.74) is 1.40. The number of hydrogen-bond acceptors (Lipinski definition) is 9. The lowest BCUT2D eigenvalue weighted by atomic mass is 10.00. The van der Waals surface area contributed by atoms with Gasteiger partial charge in [-0.1, -0.05) is 12.1 Å². The minimum absolute atomic E-state index is 0.0316. The minimum Gasteiger partial charge on any atom is -0.508 e. The molecule has 2 saturated heterocycles. The number of likely N-dealkylation sites (N-methyl/N-ethyl adjacent to an activating group) is 1. The van der Waals surface area contributed by atoms with Gasteiger partial charge < -0.3 is 28.8 Å². The molecule has 198 valence electrons. The zero-order valence-electron chi connectivity index (χ0n) is 21.5. The molecular formula is C28H33NO8. The first-order valence-electron chi connectivity index (χ1n) is 12.2. The Morgan fingerprint density at radius 2 is 1.73 bits per heavy atom. The summed E-state index contributed by atoms with van der Waals surface area (Å²) in [6.07, 6.45) is 4.56. The summed E-state index contributed by atoms with van der Waals surface area (Å²) in [7, 11) is 6.61. The van der Waals surface area contributed by atoms with E-state index in [0.29, 0.717) is 47.6 Å². The second-order valence-corrected chi connectivity index (χ2v) is 9.32. The highest BCUT2D eigenvalue weighted by Crippen LogP contribution is 2.39. The molecule has 2 fully saturated rings. The van der Waals surface area contributed by atoms with Crippen LogP contribution in [0.5, 0.6) is 23.0 Å². The maximum absolute atomic E-state index is 12.7. The predicted octanol–water partition coefficient (Wildman–Crippen LogP) is 3.36. The molecule has 0 radical (unpaired) electrons. The summed E-state index contributed by atoms with van der Waals surface area (Å²) in [6.45, 7) is 0. The van der Waals surface area contributed by atoms with Crippen LogP contribution in [0.3, 0.4) is 0 Å². The van der Waals surface area contributed by atoms with E-state index < -0.39 is 5.97 Å². The summed E-state index contributed by atoms with van der Waals surface area (Å²) in [5.74, 6) is 0.796. The fourth-order valence-electron chi connectivity index (χ4n) is 5.21. The molecule has 9 heteroatoms. The third-order valence-electron chi connectivity index (χ3n) is 7.00. The monoisotopic (exact) mass is 511 g/mol. The number of piperidine rings is 1. The number of phenolic OH excluding ortho intramolecular Hbond substituents is 1. The number of methoxy groups -OCH3 is 3. The quantitative estimate of drug-likeness (QED) is 0.401. The fraction of sp³-hybridized carbons (Fsp3) is 0.429. The number of phenols is 1. The summed E-state index contributed by atoms with van der Waals surface area (Å²) in [6, 6.07) is 10.2. The highest BCUT2D eigenvalue weighted by atomic mass is 16.6. The molecule has 2 heterocycles. The van der Waals surface area contributed by atoms with Crippen molar-refractivity contribution in [3.8, 4) is 23.0 Å². The van der Waals surface area contributed by atoms with Gasteiger partial charge >= 0.3 is 11.9 Å². The van der Waals surface area contributed by atoms with Crippen molar-refractivity contribution in [1.82, 2.24) is 4.90 Å². The van der Waals surface area contributed by atoms with Crippen molar-refractivity contribution in [3.05, 3.63) is 53.6 Å². The Labute approximate surface area is 216 Å². The van der Waals surface area contributed by atoms with E-state index in [1.54, 1.807) is 42.5 Å². The summed E-state index contributed by atoms with van der Waals surface area (Å²) in [5, 5.41) is 9.61. The normalized spacial score (nSPS) is 23.0. The van der Waals surface area contributed by atoms with Gasteiger partial charge in [-0.15, -0.1) is 0 Å². The second kappa shape index (κ2) is 11.6. The predicted molar refractivity (Wildman–Crippen MR) is 136 cm³/mol. The highest BCUT2D eigenvalue weighted by Gasteiger charge is 2.47. The van der Waals surface area contributed by atoms with Gasteiger partial charge in [-0.2, -0.15) is 0 Å². The first kappa shape index (κ1) is 26.3. The van der Waals surface area contributed by atoms with Gasteiger partial charge in [-0.3, -0.25) is 9.69 Å². The minimum atomic E-state index is -0.447. The third kappa shape index (κ3) is 6.17. The van der Waals surface area contributed by atoms with Crippen LogP contribution in [0.1, 0.15) is 30.4 Å². The molecule has 4 rings (SSSR count). The number of aromatic hydroxyl groups is 1. The number of benzene rings is 2. The Morgan fingerprint density at radius 3 is 2.38 bits per heavy atom. The highest BCUT2D eigenvalue weighted by molar-refractivity contribution is 5.87. The van der Waals surface area contributed by atoms with Crippen LogP contribution < -0.4 is 14.2 Å². The van der Waals surface area contributed by atoms with E-state index in [1.807, 2.05) is 7.05 Å². The molecule has 0 unspecified atom stereocenters. The lowest BCUT2D eigenvalue weighted by Crippen LogP contribution is -2.46. The fourth-order valence-corrected chi connectivity index (χ4v) is 5.21. The first-order chi connectivity index (χ1) is 17.8. The average Bonchev–Trinajstić information content (AvgIpc) is 3.03. The smallest absolute Gasteiger partial charge is 0.331 e. The number of rotatable bonds is 9. The molecule has 0 amide bonds. The van der Waals surface area contributed by atoms with Gasteiger partial charge in [0.1, 0.15) is 18.0 Å². The average molecular weight is 512 g/mol. The molecule has 0 saturated carbocycles. The van der Waals surface area contributed by atoms with Gasteiger partial charge in [-0.05, 0) is 48.5 Å². The molecule has 2 aromatic carbocycles. The number of esters is 2. The summed E-state index contributed by atoms with van der Waals surface area (Å²) < 4.78 is 27.6. The van der Waals surface area contributed by atoms with Crippen molar-refractivity contribution < 1.29 is 38.4 Å². The van der Waals surface area contributed by atoms with E-state index >= 15 is 0 Å². The standard InChI is InChI=1S/C28H33NO8/c1-29-19-14-21(36-27(32)13-17-6-5-7-20(30)10-17)16-22(29)23(15-19)37-26(31)9-8-18-11-24(33-2)28(35-4)25(12-18)34-3/h5-12,19,21-23,30H,13-16H2,1-4H3/t19-,21-,22+,23-/m0/s1. The molecule has 37 heavy (non-hydrogen) atoms. The van der Waals surface area contributed by atoms with Crippen molar-refractivity contribution in [2.75, 3.05) is 28.4 Å². The van der Waals surface area contributed by atoms with E-state index in [2.05, 4.69) is 4.90 Å². The molecule has 2 aromatic rings. The van der Waals surface area contributed by atoms with Gasteiger partial charge in [0.05, 0.1) is 33.8 Å². The topological polar surface area (TPSA) is 104 Å². The molecule has 0 aliphatic carbocycles. The van der Waals surface area contributed by atoms with Crippen molar-refractivity contribution in [2.24, 2.45) is 0 Å². The maximum atomic E-state index is 12.7. The number of hydrogen-bond donors (Lipinski definition) is 1. The van der Waals surface area contributed by atoms with E-state index in [4.69, 9.17) is 23.7 Å². The van der Waals surface area contributed by atoms with Crippen LogP contribution in [-0.4, -0.2) is 74.6 Å². The van der Waals surface area contributed by atoms with Gasteiger partial charge in [0.25, 0.3) is 0 Å². The van der Waals surface area contributed by atoms with Gasteiger partial charge in [0.15, 0.2) is 11.5 Å². The van der Waals surface area contributed by atoms with Crippen molar-refractivity contribution in [2.45, 2.75) is 50.0 Å². The van der Waals surface area contributed by atoms with Crippen molar-refractivity contribution in [1.29, 1.82) is 0 Å². The molecule has 2 aliphatic rings. The summed E-state index contributed by atoms with van der Waals surface area (Å²) in [4.78, 5) is 27.4. The SMILES string of the molecule is COc1cc(C=CC(=O)O[C@H]2C[C@@H]3C[C@H](OC(=O)Cc4cccc(O)c4)C[C@H]2N3C)cc(OC)c1OC. The summed E-state index contributed by atoms with van der Waals surface area (Å²) >= 11 is 0. The van der Waals surface area contributed by atoms with Crippen LogP contribution in [0.25, 0.3) is 6.08 Å². The Balaban J connectivity index is 1.35. The molecule has 2 bridgehead atoms. The molecule has 4 atom stereocenters. The molecular weight excluding hydrogens is 478 g/mol. The lowest BCUT2D eigenvalue weighted by Gasteiger charge is -2.36. The molecule has 0 spiro atoms. The van der Waals surface area contributed by atoms with Gasteiger partial charge in [0.2, 0.25) is 5.75 Å². The molecule has 0 aromatic heterocycles. The number of carbonyl (C=O) groups excluding carboxylic acids is 2. The van der Waals surface area contributed by atoms with Crippen LogP contribution >= 0.6 is 0 Å². The van der Waals surface area contributed by atoms with E-state index in [1.165, 1.54) is 27.4 Å². The lowest BCUT2D eigenvalue weighted by molar-refractivity contribution is -0.153. The number of ether oxygens (including phenoxy) is 5. The van der Waals surface area contributed by atoms with E-state index in [0.717, 1.165) is 0 Å². The van der Waals surface area contributed by atoms with E-state index in [-0.39, 0.29) is 42.4 Å². The zero-order valence-corrected chi connectivity index (χ0v) is 21.5. The second-order valence-electron chi connectivity index (χ2n) is 9.32. The first-order valence-corrected chi connectivity index (χ1v) is 12.2. The Hall–Kier alpha value is -3.72. The molecule has 2 aliphatic heterocycles. The third-order valence-corrected chi connectivity index (χ3v) is 7.00. The van der Waals surface area contributed by atoms with Crippen LogP contribution in [0.4, 0.5) is 0 Å². The maximum Gasteiger partial charge on any atom is 0.331 e. The Morgan fingerprint density at radius 1 is 1.00 bits per heavy atom. The van der Waals surface area contributed by atoms with Crippen molar-refractivity contribution >= 4 is 18.0 Å². The van der Waals surface area contributed by atoms with E-state index in [9.17, 15) is 14.7 Å². The van der Waals surface area contributed by atoms with Crippen LogP contribution in [0.15, 0.2) is 42.5 Å². The molecule has 1 N–H and O–H groups in total. The van der Waals surface area contributed by atoms with Crippen molar-refractivity contribution in [3.63, 3.8) is 0 Å². The largest absolute Gasteiger partial charge is 0.508 e. The van der Waals surface area contributed by atoms with Crippen LogP contribution in [0.2, 0.25) is 0 Å². The number of carbonyl (C=O) groups is 2. The zero-order chi connectivity index (χ0) is 26.5. The van der Waals surface area contributed by atoms with Gasteiger partial charge in [0, 0.05) is 31.4 Å². The Bertz CT molecular complexity index is 1140. The Kier molecular flexibility index (Phi) is 8.23. The number of nitrogens with zero attached hydrogens (tertiary/aromatic N) is 1. The van der Waals surface area contributed by atoms with Crippen LogP contribution in [-0.2, 0) is 25.5 Å². The molecule has 9 nitrogen and oxygen atoms in total. The number of fused-ring (bicyclic) bond motifs is 2. The van der Waals surface area contributed by atoms with Gasteiger partial charge in [-0.25, -0.2) is 4.79 Å².